The minimum Gasteiger partial charge on any atom is -0.332 e. The van der Waals surface area contributed by atoms with Gasteiger partial charge in [0.05, 0.1) is 12.3 Å². The van der Waals surface area contributed by atoms with Gasteiger partial charge in [0.2, 0.25) is 5.91 Å². The number of thioether (sulfide) groups is 1. The van der Waals surface area contributed by atoms with Gasteiger partial charge in [-0.3, -0.25) is 4.79 Å². The molecule has 70 valence electrons. The van der Waals surface area contributed by atoms with Crippen LogP contribution in [0.25, 0.3) is 0 Å². The Morgan fingerprint density at radius 2 is 2.54 bits per heavy atom. The van der Waals surface area contributed by atoms with Crippen molar-refractivity contribution in [1.82, 2.24) is 4.90 Å². The van der Waals surface area contributed by atoms with Crippen LogP contribution in [0, 0.1) is 0 Å². The summed E-state index contributed by atoms with van der Waals surface area (Å²) in [5.41, 5.74) is 0. The van der Waals surface area contributed by atoms with Crippen LogP contribution in [0.4, 0.5) is 0 Å². The molecule has 0 saturated carbocycles. The average Bonchev–Trinajstić information content (AvgIpc) is 2.74. The van der Waals surface area contributed by atoms with Crippen molar-refractivity contribution in [2.24, 2.45) is 0 Å². The van der Waals surface area contributed by atoms with Gasteiger partial charge in [-0.25, -0.2) is 0 Å². The highest BCUT2D eigenvalue weighted by Crippen LogP contribution is 2.16. The molecule has 0 unspecified atom stereocenters. The first-order chi connectivity index (χ1) is 6.36. The van der Waals surface area contributed by atoms with Gasteiger partial charge >= 0.3 is 0 Å². The van der Waals surface area contributed by atoms with Gasteiger partial charge in [0.15, 0.2) is 0 Å². The van der Waals surface area contributed by atoms with Crippen molar-refractivity contribution in [2.45, 2.75) is 6.42 Å². The second-order valence-corrected chi connectivity index (χ2v) is 5.06. The number of hydrogen-bond donors (Lipinski definition) is 0. The fourth-order valence-electron chi connectivity index (χ4n) is 1.28. The van der Waals surface area contributed by atoms with Crippen LogP contribution in [0.1, 0.15) is 4.88 Å². The fraction of sp³-hybridized carbons (Fsp3) is 0.444. The molecule has 1 aliphatic rings. The number of nitrogens with zero attached hydrogens (tertiary/aromatic N) is 1. The first-order valence-electron chi connectivity index (χ1n) is 4.24. The molecular weight excluding hydrogens is 202 g/mol. The SMILES string of the molecule is O=C(Cc1cccs1)N1CCSC1. The number of amides is 1. The van der Waals surface area contributed by atoms with E-state index < -0.39 is 0 Å². The molecule has 0 radical (unpaired) electrons. The van der Waals surface area contributed by atoms with Crippen LogP contribution in [0.15, 0.2) is 17.5 Å². The summed E-state index contributed by atoms with van der Waals surface area (Å²) in [6.45, 7) is 0.925. The van der Waals surface area contributed by atoms with Gasteiger partial charge in [-0.15, -0.1) is 23.1 Å². The molecule has 2 nitrogen and oxygen atoms in total. The van der Waals surface area contributed by atoms with E-state index in [1.165, 1.54) is 4.88 Å². The van der Waals surface area contributed by atoms with Crippen LogP contribution in [0.3, 0.4) is 0 Å². The summed E-state index contributed by atoms with van der Waals surface area (Å²) in [4.78, 5) is 14.7. The number of rotatable bonds is 2. The van der Waals surface area contributed by atoms with Crippen molar-refractivity contribution in [2.75, 3.05) is 18.2 Å². The molecule has 0 aliphatic carbocycles. The van der Waals surface area contributed by atoms with Crippen LogP contribution in [0.2, 0.25) is 0 Å². The second kappa shape index (κ2) is 4.15. The Morgan fingerprint density at radius 1 is 1.62 bits per heavy atom. The molecule has 0 aromatic carbocycles. The van der Waals surface area contributed by atoms with Crippen LogP contribution in [0.5, 0.6) is 0 Å². The zero-order valence-corrected chi connectivity index (χ0v) is 8.87. The van der Waals surface area contributed by atoms with E-state index in [0.29, 0.717) is 6.42 Å². The maximum atomic E-state index is 11.6. The third kappa shape index (κ3) is 2.25. The zero-order valence-electron chi connectivity index (χ0n) is 7.23. The molecule has 1 amide bonds. The number of thiophene rings is 1. The minimum absolute atomic E-state index is 0.271. The van der Waals surface area contributed by atoms with Gasteiger partial charge in [-0.1, -0.05) is 6.07 Å². The normalized spacial score (nSPS) is 16.5. The molecule has 2 rings (SSSR count). The Morgan fingerprint density at radius 3 is 3.15 bits per heavy atom. The van der Waals surface area contributed by atoms with E-state index in [1.54, 1.807) is 11.3 Å². The van der Waals surface area contributed by atoms with Crippen molar-refractivity contribution in [1.29, 1.82) is 0 Å². The molecule has 1 aliphatic heterocycles. The molecule has 0 N–H and O–H groups in total. The maximum absolute atomic E-state index is 11.6. The first kappa shape index (κ1) is 9.09. The van der Waals surface area contributed by atoms with Gasteiger partial charge in [0.1, 0.15) is 0 Å². The molecule has 1 aromatic heterocycles. The molecule has 1 saturated heterocycles. The number of hydrogen-bond acceptors (Lipinski definition) is 3. The van der Waals surface area contributed by atoms with E-state index in [2.05, 4.69) is 0 Å². The van der Waals surface area contributed by atoms with Crippen LogP contribution >= 0.6 is 23.1 Å². The number of carbonyl (C=O) groups is 1. The van der Waals surface area contributed by atoms with Crippen molar-refractivity contribution >= 4 is 29.0 Å². The minimum atomic E-state index is 0.271. The smallest absolute Gasteiger partial charge is 0.228 e. The lowest BCUT2D eigenvalue weighted by Crippen LogP contribution is -2.28. The van der Waals surface area contributed by atoms with E-state index in [-0.39, 0.29) is 5.91 Å². The van der Waals surface area contributed by atoms with Crippen molar-refractivity contribution < 1.29 is 4.79 Å². The monoisotopic (exact) mass is 213 g/mol. The summed E-state index contributed by atoms with van der Waals surface area (Å²) in [5, 5.41) is 2.02. The number of carbonyl (C=O) groups excluding carboxylic acids is 1. The predicted molar refractivity (Wildman–Crippen MR) is 57.1 cm³/mol. The average molecular weight is 213 g/mol. The van der Waals surface area contributed by atoms with Gasteiger partial charge < -0.3 is 4.90 Å². The highest BCUT2D eigenvalue weighted by atomic mass is 32.2. The molecule has 1 aromatic rings. The largest absolute Gasteiger partial charge is 0.332 e. The predicted octanol–water partition coefficient (Wildman–Crippen LogP) is 1.82. The topological polar surface area (TPSA) is 20.3 Å². The summed E-state index contributed by atoms with van der Waals surface area (Å²) < 4.78 is 0. The standard InChI is InChI=1S/C9H11NOS2/c11-9(10-3-5-12-7-10)6-8-2-1-4-13-8/h1-2,4H,3,5-7H2. The Balaban J connectivity index is 1.91. The van der Waals surface area contributed by atoms with E-state index in [9.17, 15) is 4.79 Å². The van der Waals surface area contributed by atoms with Crippen molar-refractivity contribution in [3.8, 4) is 0 Å². The van der Waals surface area contributed by atoms with Gasteiger partial charge in [0, 0.05) is 17.2 Å². The summed E-state index contributed by atoms with van der Waals surface area (Å²) in [6.07, 6.45) is 0.582. The quantitative estimate of drug-likeness (QED) is 0.747. The lowest BCUT2D eigenvalue weighted by molar-refractivity contribution is -0.128. The Bertz CT molecular complexity index is 278. The maximum Gasteiger partial charge on any atom is 0.228 e. The van der Waals surface area contributed by atoms with E-state index in [0.717, 1.165) is 18.2 Å². The summed E-state index contributed by atoms with van der Waals surface area (Å²) in [5.74, 6) is 2.24. The Hall–Kier alpha value is -0.480. The van der Waals surface area contributed by atoms with E-state index in [4.69, 9.17) is 0 Å². The molecule has 0 atom stereocenters. The molecule has 0 bridgehead atoms. The second-order valence-electron chi connectivity index (χ2n) is 2.95. The highest BCUT2D eigenvalue weighted by molar-refractivity contribution is 7.99. The van der Waals surface area contributed by atoms with Gasteiger partial charge in [0.25, 0.3) is 0 Å². The third-order valence-corrected chi connectivity index (χ3v) is 3.85. The Labute approximate surface area is 85.9 Å². The van der Waals surface area contributed by atoms with Gasteiger partial charge in [-0.2, -0.15) is 0 Å². The fourth-order valence-corrected chi connectivity index (χ4v) is 2.95. The third-order valence-electron chi connectivity index (χ3n) is 2.01. The van der Waals surface area contributed by atoms with E-state index >= 15 is 0 Å². The van der Waals surface area contributed by atoms with E-state index in [1.807, 2.05) is 34.2 Å². The van der Waals surface area contributed by atoms with Crippen molar-refractivity contribution in [3.63, 3.8) is 0 Å². The van der Waals surface area contributed by atoms with Crippen LogP contribution in [-0.2, 0) is 11.2 Å². The lowest BCUT2D eigenvalue weighted by Gasteiger charge is -2.13. The molecule has 2 heterocycles. The van der Waals surface area contributed by atoms with Crippen LogP contribution < -0.4 is 0 Å². The van der Waals surface area contributed by atoms with Gasteiger partial charge in [-0.05, 0) is 11.4 Å². The first-order valence-corrected chi connectivity index (χ1v) is 6.27. The van der Waals surface area contributed by atoms with Crippen LogP contribution in [-0.4, -0.2) is 29.0 Å². The molecule has 13 heavy (non-hydrogen) atoms. The van der Waals surface area contributed by atoms with Crippen molar-refractivity contribution in [3.05, 3.63) is 22.4 Å². The summed E-state index contributed by atoms with van der Waals surface area (Å²) in [6, 6.07) is 4.01. The summed E-state index contributed by atoms with van der Waals surface area (Å²) in [7, 11) is 0. The Kier molecular flexibility index (Phi) is 2.90. The molecular formula is C9H11NOS2. The molecule has 4 heteroatoms. The molecule has 1 fully saturated rings. The molecule has 0 spiro atoms. The zero-order chi connectivity index (χ0) is 9.10. The summed E-state index contributed by atoms with van der Waals surface area (Å²) >= 11 is 3.49. The lowest BCUT2D eigenvalue weighted by atomic mass is 10.3. The highest BCUT2D eigenvalue weighted by Gasteiger charge is 2.18.